The van der Waals surface area contributed by atoms with E-state index in [0.717, 1.165) is 18.1 Å². The lowest BCUT2D eigenvalue weighted by molar-refractivity contribution is -0.255. The molecule has 2 aromatic rings. The van der Waals surface area contributed by atoms with Gasteiger partial charge < -0.3 is 28.4 Å². The lowest BCUT2D eigenvalue weighted by Crippen LogP contribution is -2.62. The van der Waals surface area contributed by atoms with Crippen LogP contribution in [-0.4, -0.2) is 61.1 Å². The second-order valence-electron chi connectivity index (χ2n) is 13.2. The monoisotopic (exact) mass is 653 g/mol. The molecule has 1 aliphatic rings. The highest BCUT2D eigenvalue weighted by Crippen LogP contribution is 2.33. The average Bonchev–Trinajstić information content (AvgIpc) is 3.00. The number of hydrogen-bond donors (Lipinski definition) is 0. The predicted molar refractivity (Wildman–Crippen MR) is 169 cm³/mol. The Labute approximate surface area is 274 Å². The van der Waals surface area contributed by atoms with Crippen molar-refractivity contribution in [2.45, 2.75) is 98.6 Å². The molecule has 254 valence electrons. The zero-order chi connectivity index (χ0) is 34.8. The van der Waals surface area contributed by atoms with E-state index in [1.165, 1.54) is 0 Å². The van der Waals surface area contributed by atoms with Crippen molar-refractivity contribution in [3.05, 3.63) is 76.2 Å². The van der Waals surface area contributed by atoms with Crippen molar-refractivity contribution in [2.24, 2.45) is 15.9 Å². The summed E-state index contributed by atoms with van der Waals surface area (Å²) in [4.78, 5) is 53.0. The van der Waals surface area contributed by atoms with E-state index in [9.17, 15) is 24.7 Å². The highest BCUT2D eigenvalue weighted by Gasteiger charge is 2.52. The van der Waals surface area contributed by atoms with Gasteiger partial charge in [0, 0.05) is 18.3 Å². The molecule has 1 aliphatic heterocycles. The van der Waals surface area contributed by atoms with Crippen LogP contribution in [0.4, 0.5) is 0 Å². The van der Waals surface area contributed by atoms with Crippen LogP contribution in [0.3, 0.4) is 0 Å². The molecule has 0 radical (unpaired) electrons. The maximum atomic E-state index is 13.0. The van der Waals surface area contributed by atoms with E-state index in [0.29, 0.717) is 12.2 Å². The van der Waals surface area contributed by atoms with Crippen LogP contribution in [0.25, 0.3) is 10.4 Å². The second-order valence-corrected chi connectivity index (χ2v) is 13.2. The third-order valence-electron chi connectivity index (χ3n) is 6.98. The summed E-state index contributed by atoms with van der Waals surface area (Å²) in [6, 6.07) is 14.9. The Morgan fingerprint density at radius 2 is 1.47 bits per heavy atom. The van der Waals surface area contributed by atoms with Crippen LogP contribution in [-0.2, 0) is 55.9 Å². The summed E-state index contributed by atoms with van der Waals surface area (Å²) in [5.41, 5.74) is 9.38. The standard InChI is InChI=1S/C34H43N3O10/c1-21(38)44-28-25(20-43-31(40)33(2,3)4)46-30(27(36-37-35)29(28)47-32(41)34(5,6)7)45-24-16-13-22(14-17-24)15-18-26(39)42-19-23-11-9-8-10-12-23/h8-14,16-17,25,27-30H,15,18-20H2,1-7H3/t25-,27+,28-,29-,30-/m1/s1. The van der Waals surface area contributed by atoms with Crippen molar-refractivity contribution in [3.63, 3.8) is 0 Å². The first-order valence-electron chi connectivity index (χ1n) is 15.3. The molecule has 1 fully saturated rings. The lowest BCUT2D eigenvalue weighted by atomic mass is 9.94. The molecule has 0 N–H and O–H groups in total. The van der Waals surface area contributed by atoms with Gasteiger partial charge in [-0.05, 0) is 76.8 Å². The summed E-state index contributed by atoms with van der Waals surface area (Å²) in [6.45, 7) is 10.9. The summed E-state index contributed by atoms with van der Waals surface area (Å²) >= 11 is 0. The largest absolute Gasteiger partial charge is 0.464 e. The van der Waals surface area contributed by atoms with E-state index in [1.54, 1.807) is 65.8 Å². The SMILES string of the molecule is CC(=O)O[C@H]1[C@H](OC(=O)C(C)(C)C)[C@H](N=[N+]=[N-])[C@H](Oc2ccc(CCC(=O)OCc3ccccc3)cc2)O[C@@H]1COC(=O)C(C)(C)C. The molecular formula is C34H43N3O10. The fourth-order valence-electron chi connectivity index (χ4n) is 4.37. The van der Waals surface area contributed by atoms with Gasteiger partial charge in [0.05, 0.1) is 10.8 Å². The van der Waals surface area contributed by atoms with Crippen LogP contribution in [0.1, 0.15) is 66.0 Å². The Morgan fingerprint density at radius 3 is 2.04 bits per heavy atom. The van der Waals surface area contributed by atoms with Gasteiger partial charge in [-0.3, -0.25) is 19.2 Å². The van der Waals surface area contributed by atoms with Crippen LogP contribution in [0.5, 0.6) is 5.75 Å². The molecule has 0 amide bonds. The number of aryl methyl sites for hydroxylation is 1. The fraction of sp³-hybridized carbons (Fsp3) is 0.529. The molecule has 1 saturated heterocycles. The van der Waals surface area contributed by atoms with Crippen LogP contribution in [0, 0.1) is 10.8 Å². The van der Waals surface area contributed by atoms with Gasteiger partial charge in [0.15, 0.2) is 12.2 Å². The van der Waals surface area contributed by atoms with E-state index in [1.807, 2.05) is 30.3 Å². The van der Waals surface area contributed by atoms with Crippen molar-refractivity contribution in [2.75, 3.05) is 6.61 Å². The van der Waals surface area contributed by atoms with E-state index >= 15 is 0 Å². The smallest absolute Gasteiger partial charge is 0.311 e. The molecular weight excluding hydrogens is 610 g/mol. The lowest BCUT2D eigenvalue weighted by Gasteiger charge is -2.44. The van der Waals surface area contributed by atoms with Gasteiger partial charge in [-0.15, -0.1) is 0 Å². The summed E-state index contributed by atoms with van der Waals surface area (Å²) in [7, 11) is 0. The topological polar surface area (TPSA) is 172 Å². The van der Waals surface area contributed by atoms with Crippen molar-refractivity contribution < 1.29 is 47.6 Å². The zero-order valence-electron chi connectivity index (χ0n) is 27.8. The van der Waals surface area contributed by atoms with Crippen LogP contribution < -0.4 is 4.74 Å². The number of benzene rings is 2. The molecule has 1 heterocycles. The fourth-order valence-corrected chi connectivity index (χ4v) is 4.37. The highest BCUT2D eigenvalue weighted by molar-refractivity contribution is 5.76. The Kier molecular flexibility index (Phi) is 12.8. The van der Waals surface area contributed by atoms with Crippen LogP contribution >= 0.6 is 0 Å². The average molecular weight is 654 g/mol. The minimum absolute atomic E-state index is 0.172. The molecule has 5 atom stereocenters. The van der Waals surface area contributed by atoms with Crippen LogP contribution in [0.2, 0.25) is 0 Å². The minimum Gasteiger partial charge on any atom is -0.464 e. The van der Waals surface area contributed by atoms with Crippen molar-refractivity contribution in [1.82, 2.24) is 0 Å². The molecule has 13 heteroatoms. The van der Waals surface area contributed by atoms with Gasteiger partial charge in [0.25, 0.3) is 0 Å². The summed E-state index contributed by atoms with van der Waals surface area (Å²) in [5.74, 6) is -1.95. The molecule has 47 heavy (non-hydrogen) atoms. The van der Waals surface area contributed by atoms with Gasteiger partial charge in [0.1, 0.15) is 31.1 Å². The maximum Gasteiger partial charge on any atom is 0.311 e. The van der Waals surface area contributed by atoms with E-state index < -0.39 is 59.4 Å². The van der Waals surface area contributed by atoms with E-state index in [4.69, 9.17) is 28.4 Å². The normalized spacial score (nSPS) is 21.0. The summed E-state index contributed by atoms with van der Waals surface area (Å²) in [5, 5.41) is 3.81. The highest BCUT2D eigenvalue weighted by atomic mass is 16.7. The van der Waals surface area contributed by atoms with Crippen molar-refractivity contribution in [3.8, 4) is 5.75 Å². The van der Waals surface area contributed by atoms with Gasteiger partial charge in [0.2, 0.25) is 6.29 Å². The molecule has 0 bridgehead atoms. The molecule has 3 rings (SSSR count). The first-order chi connectivity index (χ1) is 22.1. The van der Waals surface area contributed by atoms with Crippen molar-refractivity contribution >= 4 is 23.9 Å². The third-order valence-corrected chi connectivity index (χ3v) is 6.98. The Balaban J connectivity index is 1.80. The number of carbonyl (C=O) groups excluding carboxylic acids is 4. The quantitative estimate of drug-likeness (QED) is 0.0919. The van der Waals surface area contributed by atoms with Gasteiger partial charge in [-0.2, -0.15) is 0 Å². The first kappa shape index (κ1) is 36.9. The number of rotatable bonds is 12. The van der Waals surface area contributed by atoms with Crippen LogP contribution in [0.15, 0.2) is 59.7 Å². The van der Waals surface area contributed by atoms with E-state index in [2.05, 4.69) is 10.0 Å². The number of esters is 4. The summed E-state index contributed by atoms with van der Waals surface area (Å²) < 4.78 is 34.4. The number of azide groups is 1. The first-order valence-corrected chi connectivity index (χ1v) is 15.3. The predicted octanol–water partition coefficient (Wildman–Crippen LogP) is 5.62. The molecule has 0 saturated carbocycles. The Morgan fingerprint density at radius 1 is 0.830 bits per heavy atom. The van der Waals surface area contributed by atoms with Gasteiger partial charge >= 0.3 is 23.9 Å². The molecule has 0 unspecified atom stereocenters. The Hall–Kier alpha value is -4.61. The zero-order valence-corrected chi connectivity index (χ0v) is 27.8. The van der Waals surface area contributed by atoms with Gasteiger partial charge in [-0.25, -0.2) is 0 Å². The number of carbonyl (C=O) groups is 4. The molecule has 0 aromatic heterocycles. The van der Waals surface area contributed by atoms with E-state index in [-0.39, 0.29) is 25.6 Å². The third kappa shape index (κ3) is 11.3. The minimum atomic E-state index is -1.35. The number of nitrogens with zero attached hydrogens (tertiary/aromatic N) is 3. The van der Waals surface area contributed by atoms with Crippen molar-refractivity contribution in [1.29, 1.82) is 0 Å². The summed E-state index contributed by atoms with van der Waals surface area (Å²) in [6.07, 6.45) is -4.55. The maximum absolute atomic E-state index is 13.0. The number of ether oxygens (including phenoxy) is 6. The molecule has 13 nitrogen and oxygen atoms in total. The molecule has 2 aromatic carbocycles. The molecule has 0 aliphatic carbocycles. The Bertz CT molecular complexity index is 1430. The van der Waals surface area contributed by atoms with Gasteiger partial charge in [-0.1, -0.05) is 47.6 Å². The second kappa shape index (κ2) is 16.3. The number of hydrogen-bond acceptors (Lipinski definition) is 11. The molecule has 0 spiro atoms.